The monoisotopic (exact) mass is 349 g/mol. The molecule has 25 heavy (non-hydrogen) atoms. The number of aryl methyl sites for hydroxylation is 1. The Morgan fingerprint density at radius 3 is 2.64 bits per heavy atom. The molecule has 1 unspecified atom stereocenters. The van der Waals surface area contributed by atoms with Crippen molar-refractivity contribution in [2.24, 2.45) is 0 Å². The van der Waals surface area contributed by atoms with E-state index in [-0.39, 0.29) is 11.3 Å². The number of hydrogen-bond acceptors (Lipinski definition) is 5. The Morgan fingerprint density at radius 2 is 2.08 bits per heavy atom. The Kier molecular flexibility index (Phi) is 5.35. The number of carboxylic acids is 1. The van der Waals surface area contributed by atoms with Gasteiger partial charge in [-0.3, -0.25) is 24.5 Å². The van der Waals surface area contributed by atoms with Gasteiger partial charge >= 0.3 is 5.97 Å². The molecule has 0 radical (unpaired) electrons. The Labute approximate surface area is 143 Å². The first kappa shape index (κ1) is 18.4. The van der Waals surface area contributed by atoms with Crippen molar-refractivity contribution >= 4 is 23.5 Å². The maximum absolute atomic E-state index is 12.7. The highest BCUT2D eigenvalue weighted by Gasteiger charge is 2.35. The zero-order valence-electron chi connectivity index (χ0n) is 13.9. The number of carbonyl (C=O) groups is 3. The van der Waals surface area contributed by atoms with Gasteiger partial charge in [0, 0.05) is 23.7 Å². The summed E-state index contributed by atoms with van der Waals surface area (Å²) in [6.45, 7) is 3.26. The number of benzene rings is 1. The second-order valence-electron chi connectivity index (χ2n) is 5.98. The molecule has 1 aliphatic rings. The second-order valence-corrected chi connectivity index (χ2v) is 5.98. The summed E-state index contributed by atoms with van der Waals surface area (Å²) in [5.74, 6) is -2.08. The van der Waals surface area contributed by atoms with Gasteiger partial charge in [0.15, 0.2) is 0 Å². The van der Waals surface area contributed by atoms with Gasteiger partial charge in [0.25, 0.3) is 11.6 Å². The summed E-state index contributed by atoms with van der Waals surface area (Å²) >= 11 is 0. The summed E-state index contributed by atoms with van der Waals surface area (Å²) in [4.78, 5) is 47.5. The van der Waals surface area contributed by atoms with Crippen LogP contribution in [0.4, 0.5) is 5.69 Å². The van der Waals surface area contributed by atoms with Crippen LogP contribution in [0.15, 0.2) is 18.2 Å². The number of carboxylic acid groups (broad SMARTS) is 1. The molecule has 1 saturated heterocycles. The van der Waals surface area contributed by atoms with Crippen LogP contribution < -0.4 is 5.32 Å². The summed E-state index contributed by atoms with van der Waals surface area (Å²) in [6, 6.07) is 2.26. The minimum absolute atomic E-state index is 0.0810. The van der Waals surface area contributed by atoms with Crippen LogP contribution in [0.3, 0.4) is 0 Å². The molecule has 1 heterocycles. The van der Waals surface area contributed by atoms with Gasteiger partial charge in [-0.15, -0.1) is 0 Å². The minimum atomic E-state index is -1.16. The first-order valence-electron chi connectivity index (χ1n) is 7.81. The highest BCUT2D eigenvalue weighted by molar-refractivity contribution is 5.98. The first-order valence-corrected chi connectivity index (χ1v) is 7.81. The third kappa shape index (κ3) is 3.93. The van der Waals surface area contributed by atoms with E-state index in [2.05, 4.69) is 5.32 Å². The maximum Gasteiger partial charge on any atom is 0.325 e. The van der Waals surface area contributed by atoms with Gasteiger partial charge in [-0.2, -0.15) is 0 Å². The highest BCUT2D eigenvalue weighted by Crippen LogP contribution is 2.24. The number of nitro benzene ring substituents is 1. The van der Waals surface area contributed by atoms with Gasteiger partial charge < -0.3 is 15.3 Å². The standard InChI is InChI=1S/C16H19N3O6/c1-9-8-11(5-6-12(9)19(24)25)15(21)18-7-3-4-13(18)14(20)17-10(2)16(22)23/h5-6,8,10,13H,3-4,7H2,1-2H3,(H,17,20)(H,22,23)/t10-,13?/m1/s1. The normalized spacial score (nSPS) is 17.8. The Bertz CT molecular complexity index is 733. The van der Waals surface area contributed by atoms with Crippen LogP contribution in [0.25, 0.3) is 0 Å². The molecule has 1 fully saturated rings. The Hall–Kier alpha value is -2.97. The maximum atomic E-state index is 12.7. The molecule has 1 aromatic rings. The van der Waals surface area contributed by atoms with Gasteiger partial charge in [-0.1, -0.05) is 0 Å². The van der Waals surface area contributed by atoms with Crippen molar-refractivity contribution in [2.45, 2.75) is 38.8 Å². The molecule has 9 nitrogen and oxygen atoms in total. The average molecular weight is 349 g/mol. The zero-order chi connectivity index (χ0) is 18.7. The lowest BCUT2D eigenvalue weighted by Gasteiger charge is -2.25. The molecule has 0 aromatic heterocycles. The van der Waals surface area contributed by atoms with Gasteiger partial charge in [0.2, 0.25) is 5.91 Å². The molecular weight excluding hydrogens is 330 g/mol. The number of amides is 2. The zero-order valence-corrected chi connectivity index (χ0v) is 13.9. The number of aliphatic carboxylic acids is 1. The molecule has 9 heteroatoms. The van der Waals surface area contributed by atoms with E-state index in [1.54, 1.807) is 0 Å². The molecule has 1 aliphatic heterocycles. The third-order valence-corrected chi connectivity index (χ3v) is 4.19. The Morgan fingerprint density at radius 1 is 1.40 bits per heavy atom. The van der Waals surface area contributed by atoms with E-state index < -0.39 is 34.8 Å². The molecule has 0 spiro atoms. The summed E-state index contributed by atoms with van der Waals surface area (Å²) in [5.41, 5.74) is 0.534. The van der Waals surface area contributed by atoms with E-state index >= 15 is 0 Å². The number of nitrogens with zero attached hydrogens (tertiary/aromatic N) is 2. The van der Waals surface area contributed by atoms with Crippen molar-refractivity contribution < 1.29 is 24.4 Å². The van der Waals surface area contributed by atoms with Crippen LogP contribution >= 0.6 is 0 Å². The van der Waals surface area contributed by atoms with Crippen molar-refractivity contribution in [1.82, 2.24) is 10.2 Å². The van der Waals surface area contributed by atoms with Gasteiger partial charge in [0.1, 0.15) is 12.1 Å². The van der Waals surface area contributed by atoms with Crippen molar-refractivity contribution in [3.8, 4) is 0 Å². The number of nitro groups is 1. The largest absolute Gasteiger partial charge is 0.480 e. The first-order chi connectivity index (χ1) is 11.7. The van der Waals surface area contributed by atoms with Crippen LogP contribution in [0.1, 0.15) is 35.7 Å². The van der Waals surface area contributed by atoms with Crippen molar-refractivity contribution in [3.63, 3.8) is 0 Å². The molecule has 2 amide bonds. The molecule has 1 aromatic carbocycles. The smallest absolute Gasteiger partial charge is 0.325 e. The number of hydrogen-bond donors (Lipinski definition) is 2. The number of rotatable bonds is 5. The van der Waals surface area contributed by atoms with Crippen LogP contribution in [0.5, 0.6) is 0 Å². The molecule has 2 N–H and O–H groups in total. The van der Waals surface area contributed by atoms with Crippen molar-refractivity contribution in [3.05, 3.63) is 39.4 Å². The van der Waals surface area contributed by atoms with Crippen LogP contribution in [-0.2, 0) is 9.59 Å². The molecule has 2 rings (SSSR count). The number of likely N-dealkylation sites (tertiary alicyclic amines) is 1. The van der Waals surface area contributed by atoms with Gasteiger partial charge in [-0.05, 0) is 38.8 Å². The molecule has 2 atom stereocenters. The van der Waals surface area contributed by atoms with Gasteiger partial charge in [0.05, 0.1) is 4.92 Å². The van der Waals surface area contributed by atoms with Crippen LogP contribution in [0.2, 0.25) is 0 Å². The average Bonchev–Trinajstić information content (AvgIpc) is 3.03. The predicted octanol–water partition coefficient (Wildman–Crippen LogP) is 1.10. The highest BCUT2D eigenvalue weighted by atomic mass is 16.6. The fraction of sp³-hybridized carbons (Fsp3) is 0.438. The van der Waals surface area contributed by atoms with Crippen molar-refractivity contribution in [1.29, 1.82) is 0 Å². The van der Waals surface area contributed by atoms with Crippen LogP contribution in [0, 0.1) is 17.0 Å². The number of carbonyl (C=O) groups excluding carboxylic acids is 2. The van der Waals surface area contributed by atoms with E-state index in [0.29, 0.717) is 24.9 Å². The topological polar surface area (TPSA) is 130 Å². The van der Waals surface area contributed by atoms with E-state index in [0.717, 1.165) is 0 Å². The fourth-order valence-electron chi connectivity index (χ4n) is 2.81. The second kappa shape index (κ2) is 7.29. The lowest BCUT2D eigenvalue weighted by Crippen LogP contribution is -2.50. The van der Waals surface area contributed by atoms with Crippen molar-refractivity contribution in [2.75, 3.05) is 6.54 Å². The van der Waals surface area contributed by atoms with Crippen LogP contribution in [-0.4, -0.2) is 51.3 Å². The summed E-state index contributed by atoms with van der Waals surface area (Å²) in [5, 5.41) is 22.1. The lowest BCUT2D eigenvalue weighted by molar-refractivity contribution is -0.385. The summed E-state index contributed by atoms with van der Waals surface area (Å²) < 4.78 is 0. The fourth-order valence-corrected chi connectivity index (χ4v) is 2.81. The predicted molar refractivity (Wildman–Crippen MR) is 87.1 cm³/mol. The quantitative estimate of drug-likeness (QED) is 0.605. The van der Waals surface area contributed by atoms with E-state index in [4.69, 9.17) is 5.11 Å². The molecule has 0 aliphatic carbocycles. The molecule has 134 valence electrons. The summed E-state index contributed by atoms with van der Waals surface area (Å²) in [7, 11) is 0. The molecule has 0 bridgehead atoms. The summed E-state index contributed by atoms with van der Waals surface area (Å²) in [6.07, 6.45) is 1.06. The number of nitrogens with one attached hydrogen (secondary N) is 1. The minimum Gasteiger partial charge on any atom is -0.480 e. The van der Waals surface area contributed by atoms with Gasteiger partial charge in [-0.25, -0.2) is 0 Å². The van der Waals surface area contributed by atoms with E-state index in [1.165, 1.54) is 36.9 Å². The third-order valence-electron chi connectivity index (χ3n) is 4.19. The lowest BCUT2D eigenvalue weighted by atomic mass is 10.1. The molecular formula is C16H19N3O6. The SMILES string of the molecule is Cc1cc(C(=O)N2CCCC2C(=O)N[C@H](C)C(=O)O)ccc1[N+](=O)[O-]. The molecule has 0 saturated carbocycles. The van der Waals surface area contributed by atoms with E-state index in [1.807, 2.05) is 0 Å². The van der Waals surface area contributed by atoms with E-state index in [9.17, 15) is 24.5 Å². The Balaban J connectivity index is 2.17.